The molecule has 0 aromatic rings. The Balaban J connectivity index is 4.35. The molecule has 0 bridgehead atoms. The number of likely N-dealkylation sites (N-methyl/N-ethyl adjacent to an activating group) is 1. The second-order valence-corrected chi connectivity index (χ2v) is 17.8. The second kappa shape index (κ2) is 43.6. The quantitative estimate of drug-likeness (QED) is 0.0245. The predicted octanol–water partition coefficient (Wildman–Crippen LogP) is 13.8. The highest BCUT2D eigenvalue weighted by Gasteiger charge is 2.27. The Morgan fingerprint density at radius 1 is 0.540 bits per heavy atom. The molecule has 354 valence electrons. The van der Waals surface area contributed by atoms with Crippen LogP contribution in [0.25, 0.3) is 0 Å². The minimum Gasteiger partial charge on any atom is -0.387 e. The summed E-state index contributed by atoms with van der Waals surface area (Å²) in [5, 5.41) is 13.7. The van der Waals surface area contributed by atoms with Crippen LogP contribution in [0.5, 0.6) is 0 Å². The molecule has 0 saturated carbocycles. The Bertz CT molecular complexity index is 1520. The molecule has 3 N–H and O–H groups in total. The Morgan fingerprint density at radius 3 is 1.37 bits per heavy atom. The van der Waals surface area contributed by atoms with Crippen LogP contribution in [0.1, 0.15) is 136 Å². The van der Waals surface area contributed by atoms with Crippen molar-refractivity contribution in [2.75, 3.05) is 40.9 Å². The molecule has 0 aromatic heterocycles. The summed E-state index contributed by atoms with van der Waals surface area (Å²) in [5.41, 5.74) is 0. The average Bonchev–Trinajstić information content (AvgIpc) is 3.24. The maximum absolute atomic E-state index is 12.9. The van der Waals surface area contributed by atoms with Gasteiger partial charge >= 0.3 is 7.82 Å². The van der Waals surface area contributed by atoms with Crippen LogP contribution >= 0.6 is 7.82 Å². The number of carbonyl (C=O) groups excluding carboxylic acids is 1. The number of aliphatic hydroxyl groups excluding tert-OH is 1. The maximum atomic E-state index is 12.9. The fourth-order valence-electron chi connectivity index (χ4n) is 5.60. The summed E-state index contributed by atoms with van der Waals surface area (Å²) in [6.45, 7) is 4.47. The summed E-state index contributed by atoms with van der Waals surface area (Å²) in [6.07, 6.45) is 68.1. The molecule has 0 radical (unpaired) electrons. The van der Waals surface area contributed by atoms with E-state index in [1.807, 2.05) is 27.2 Å². The molecule has 8 nitrogen and oxygen atoms in total. The molecule has 0 spiro atoms. The van der Waals surface area contributed by atoms with E-state index < -0.39 is 20.0 Å². The average molecular weight is 892 g/mol. The minimum atomic E-state index is -4.37. The Labute approximate surface area is 385 Å². The molecule has 3 unspecified atom stereocenters. The molecule has 0 saturated heterocycles. The number of rotatable bonds is 40. The van der Waals surface area contributed by atoms with Gasteiger partial charge in [-0.15, -0.1) is 0 Å². The molecule has 1 amide bonds. The topological polar surface area (TPSA) is 105 Å². The van der Waals surface area contributed by atoms with Crippen molar-refractivity contribution >= 4 is 13.7 Å². The number of hydrogen-bond acceptors (Lipinski definition) is 5. The van der Waals surface area contributed by atoms with Crippen LogP contribution in [-0.4, -0.2) is 73.4 Å². The third kappa shape index (κ3) is 46.2. The van der Waals surface area contributed by atoms with E-state index >= 15 is 0 Å². The third-order valence-corrected chi connectivity index (χ3v) is 10.3. The van der Waals surface area contributed by atoms with Gasteiger partial charge in [-0.05, 0) is 109 Å². The monoisotopic (exact) mass is 892 g/mol. The van der Waals surface area contributed by atoms with E-state index in [9.17, 15) is 19.4 Å². The summed E-state index contributed by atoms with van der Waals surface area (Å²) in [7, 11) is 1.49. The van der Waals surface area contributed by atoms with Crippen LogP contribution in [0.4, 0.5) is 0 Å². The molecule has 3 atom stereocenters. The first-order valence-corrected chi connectivity index (χ1v) is 25.2. The van der Waals surface area contributed by atoms with Crippen molar-refractivity contribution in [1.82, 2.24) is 5.32 Å². The number of nitrogens with one attached hydrogen (secondary N) is 1. The van der Waals surface area contributed by atoms with E-state index in [0.717, 1.165) is 109 Å². The third-order valence-electron chi connectivity index (χ3n) is 9.28. The number of phosphoric ester groups is 1. The largest absolute Gasteiger partial charge is 0.472 e. The van der Waals surface area contributed by atoms with E-state index in [4.69, 9.17) is 9.05 Å². The van der Waals surface area contributed by atoms with E-state index in [1.165, 1.54) is 0 Å². The van der Waals surface area contributed by atoms with Gasteiger partial charge in [-0.25, -0.2) is 4.57 Å². The van der Waals surface area contributed by atoms with E-state index in [1.54, 1.807) is 6.08 Å². The molecular formula is C54H88N2O6P+. The van der Waals surface area contributed by atoms with Crippen LogP contribution in [0.3, 0.4) is 0 Å². The lowest BCUT2D eigenvalue weighted by molar-refractivity contribution is -0.870. The Morgan fingerprint density at radius 2 is 0.921 bits per heavy atom. The molecule has 0 aliphatic rings. The van der Waals surface area contributed by atoms with Gasteiger partial charge in [0.1, 0.15) is 13.2 Å². The molecule has 0 rings (SSSR count). The number of allylic oxidation sites excluding steroid dienone is 23. The summed E-state index contributed by atoms with van der Waals surface area (Å²) < 4.78 is 23.5. The summed E-state index contributed by atoms with van der Waals surface area (Å²) in [6, 6.07) is -0.897. The van der Waals surface area contributed by atoms with Gasteiger partial charge in [-0.3, -0.25) is 13.8 Å². The zero-order valence-electron chi connectivity index (χ0n) is 40.0. The van der Waals surface area contributed by atoms with E-state index in [0.29, 0.717) is 23.9 Å². The van der Waals surface area contributed by atoms with Crippen LogP contribution < -0.4 is 5.32 Å². The minimum absolute atomic E-state index is 0.0372. The van der Waals surface area contributed by atoms with Crippen molar-refractivity contribution in [1.29, 1.82) is 0 Å². The second-order valence-electron chi connectivity index (χ2n) is 16.3. The number of aliphatic hydroxyl groups is 1. The SMILES string of the molecule is CC/C=C\C/C=C\C/C=C\C/C=C\C/C=C\C/C=C\C/C=C\C/C=C\C/C=C\CCCCCC(=O)NC(COP(=O)(O)OCC[N+](C)(C)C)C(O)/C=C/CC/C=C/CC/C=C/CC. The Kier molecular flexibility index (Phi) is 41.1. The first-order chi connectivity index (χ1) is 30.5. The van der Waals surface area contributed by atoms with Crippen LogP contribution in [0, 0.1) is 0 Å². The molecule has 0 aliphatic carbocycles. The van der Waals surface area contributed by atoms with Gasteiger partial charge in [0.25, 0.3) is 0 Å². The lowest BCUT2D eigenvalue weighted by Gasteiger charge is -2.25. The zero-order valence-corrected chi connectivity index (χ0v) is 40.9. The lowest BCUT2D eigenvalue weighted by Crippen LogP contribution is -2.45. The van der Waals surface area contributed by atoms with Gasteiger partial charge in [-0.1, -0.05) is 166 Å². The van der Waals surface area contributed by atoms with Gasteiger partial charge in [0.05, 0.1) is 39.9 Å². The van der Waals surface area contributed by atoms with Gasteiger partial charge in [-0.2, -0.15) is 0 Å². The smallest absolute Gasteiger partial charge is 0.387 e. The standard InChI is InChI=1S/C54H87N2O6P/c1-6-8-10-12-14-16-18-19-20-21-22-23-24-25-26-27-28-29-30-31-32-33-34-35-36-37-38-40-42-44-46-48-54(58)55-52(51-62-63(59,60)61-50-49-56(3,4)5)53(57)47-45-43-41-39-17-15-13-11-9-7-2/h8-11,14,16-17,19-20,22-23,25-26,28-29,31-32,34-35,37-39,45,47,52-53,57H,6-7,12-13,15,18,21,24,27,30,33,36,40-44,46,48-51H2,1-5H3,(H-,55,58,59,60)/p+1/b10-8-,11-9+,16-14-,20-19-,23-22-,26-25-,29-28-,32-31-,35-34-,38-37-,39-17+,47-45+. The summed E-state index contributed by atoms with van der Waals surface area (Å²) in [5.74, 6) is -0.234. The number of unbranched alkanes of at least 4 members (excludes halogenated alkanes) is 5. The number of quaternary nitrogens is 1. The van der Waals surface area contributed by atoms with Gasteiger partial charge < -0.3 is 19.8 Å². The highest BCUT2D eigenvalue weighted by molar-refractivity contribution is 7.47. The van der Waals surface area contributed by atoms with Crippen molar-refractivity contribution in [2.45, 2.75) is 148 Å². The number of hydrogen-bond donors (Lipinski definition) is 3. The molecule has 0 fully saturated rings. The lowest BCUT2D eigenvalue weighted by atomic mass is 10.1. The number of carbonyl (C=O) groups is 1. The number of amides is 1. The fraction of sp³-hybridized carbons (Fsp3) is 0.537. The van der Waals surface area contributed by atoms with Crippen LogP contribution in [0.15, 0.2) is 146 Å². The predicted molar refractivity (Wildman–Crippen MR) is 271 cm³/mol. The molecule has 63 heavy (non-hydrogen) atoms. The molecular weight excluding hydrogens is 804 g/mol. The molecule has 0 heterocycles. The van der Waals surface area contributed by atoms with Crippen molar-refractivity contribution in [3.8, 4) is 0 Å². The van der Waals surface area contributed by atoms with Crippen molar-refractivity contribution < 1.29 is 32.9 Å². The van der Waals surface area contributed by atoms with E-state index in [2.05, 4.69) is 153 Å². The van der Waals surface area contributed by atoms with Gasteiger partial charge in [0, 0.05) is 6.42 Å². The fourth-order valence-corrected chi connectivity index (χ4v) is 6.33. The summed E-state index contributed by atoms with van der Waals surface area (Å²) in [4.78, 5) is 23.1. The van der Waals surface area contributed by atoms with Crippen LogP contribution in [-0.2, 0) is 18.4 Å². The van der Waals surface area contributed by atoms with Crippen molar-refractivity contribution in [3.63, 3.8) is 0 Å². The maximum Gasteiger partial charge on any atom is 0.472 e. The normalized spacial score (nSPS) is 15.5. The Hall–Kier alpha value is -3.62. The molecule has 9 heteroatoms. The first kappa shape index (κ1) is 59.4. The highest BCUT2D eigenvalue weighted by atomic mass is 31.2. The number of nitrogens with zero attached hydrogens (tertiary/aromatic N) is 1. The van der Waals surface area contributed by atoms with E-state index in [-0.39, 0.29) is 19.1 Å². The van der Waals surface area contributed by atoms with Crippen molar-refractivity contribution in [2.24, 2.45) is 0 Å². The molecule has 0 aliphatic heterocycles. The summed E-state index contributed by atoms with van der Waals surface area (Å²) >= 11 is 0. The van der Waals surface area contributed by atoms with Crippen LogP contribution in [0.2, 0.25) is 0 Å². The van der Waals surface area contributed by atoms with Crippen molar-refractivity contribution in [3.05, 3.63) is 146 Å². The highest BCUT2D eigenvalue weighted by Crippen LogP contribution is 2.43. The number of phosphoric acid groups is 1. The molecule has 0 aromatic carbocycles. The zero-order chi connectivity index (χ0) is 46.4. The van der Waals surface area contributed by atoms with Gasteiger partial charge in [0.2, 0.25) is 5.91 Å². The first-order valence-electron chi connectivity index (χ1n) is 23.7. The van der Waals surface area contributed by atoms with Gasteiger partial charge in [0.15, 0.2) is 0 Å².